The number of hydrogen-bond acceptors (Lipinski definition) is 1. The average molecular weight is 226 g/mol. The van der Waals surface area contributed by atoms with Crippen LogP contribution in [-0.4, -0.2) is 14.1 Å². The summed E-state index contributed by atoms with van der Waals surface area (Å²) in [6.45, 7) is 1.02. The van der Waals surface area contributed by atoms with Crippen LogP contribution >= 0.6 is 22.2 Å². The molecule has 0 aromatic heterocycles. The minimum Gasteiger partial charge on any atom is -0.316 e. The van der Waals surface area contributed by atoms with Gasteiger partial charge in [0.15, 0.2) is 0 Å². The number of rotatable bonds is 4. The van der Waals surface area contributed by atoms with Crippen LogP contribution in [-0.2, 0) is 0 Å². The molecular formula is C8H17Cl2NSi. The first kappa shape index (κ1) is 10.8. The molecule has 1 fully saturated rings. The highest BCUT2D eigenvalue weighted by molar-refractivity contribution is 7.32. The molecule has 1 nitrogen and oxygen atoms in total. The summed E-state index contributed by atoms with van der Waals surface area (Å²) in [7, 11) is -1.55. The van der Waals surface area contributed by atoms with E-state index < -0.39 is 7.58 Å². The Labute approximate surface area is 85.9 Å². The molecule has 0 heterocycles. The van der Waals surface area contributed by atoms with E-state index >= 15 is 0 Å². The van der Waals surface area contributed by atoms with Crippen LogP contribution in [0.1, 0.15) is 38.5 Å². The average Bonchev–Trinajstić information content (AvgIpc) is 2.05. The lowest BCUT2D eigenvalue weighted by atomic mass is 9.87. The quantitative estimate of drug-likeness (QED) is 0.574. The molecule has 0 saturated heterocycles. The molecule has 72 valence electrons. The number of nitrogens with one attached hydrogen (secondary N) is 1. The summed E-state index contributed by atoms with van der Waals surface area (Å²) < 4.78 is 0. The van der Waals surface area contributed by atoms with Gasteiger partial charge in [-0.15, -0.1) is 22.2 Å². The van der Waals surface area contributed by atoms with Crippen molar-refractivity contribution in [1.82, 2.24) is 4.98 Å². The minimum absolute atomic E-state index is 0.937. The molecule has 4 heteroatoms. The Morgan fingerprint density at radius 1 is 1.17 bits per heavy atom. The molecule has 0 amide bonds. The van der Waals surface area contributed by atoms with Crippen molar-refractivity contribution in [1.29, 1.82) is 0 Å². The van der Waals surface area contributed by atoms with Crippen LogP contribution in [0, 0.1) is 5.92 Å². The zero-order valence-electron chi connectivity index (χ0n) is 7.36. The highest BCUT2D eigenvalue weighted by Gasteiger charge is 2.13. The van der Waals surface area contributed by atoms with Crippen molar-refractivity contribution in [2.24, 2.45) is 5.92 Å². The van der Waals surface area contributed by atoms with Crippen molar-refractivity contribution < 1.29 is 0 Å². The Morgan fingerprint density at radius 2 is 1.83 bits per heavy atom. The Morgan fingerprint density at radius 3 is 2.42 bits per heavy atom. The summed E-state index contributed by atoms with van der Waals surface area (Å²) in [5.74, 6) is 0.937. The maximum atomic E-state index is 5.69. The molecule has 0 spiro atoms. The maximum absolute atomic E-state index is 5.69. The van der Waals surface area contributed by atoms with Crippen LogP contribution < -0.4 is 4.98 Å². The molecule has 1 saturated carbocycles. The summed E-state index contributed by atoms with van der Waals surface area (Å²) in [4.78, 5) is 3.16. The van der Waals surface area contributed by atoms with Crippen molar-refractivity contribution in [3.63, 3.8) is 0 Å². The van der Waals surface area contributed by atoms with Gasteiger partial charge in [-0.25, -0.2) is 0 Å². The normalized spacial score (nSPS) is 20.2. The zero-order valence-corrected chi connectivity index (χ0v) is 10.0. The van der Waals surface area contributed by atoms with E-state index in [-0.39, 0.29) is 0 Å². The Kier molecular flexibility index (Phi) is 5.64. The molecule has 0 aromatic carbocycles. The van der Waals surface area contributed by atoms with E-state index in [2.05, 4.69) is 4.98 Å². The van der Waals surface area contributed by atoms with Gasteiger partial charge in [0.1, 0.15) is 0 Å². The molecule has 0 unspecified atom stereocenters. The summed E-state index contributed by atoms with van der Waals surface area (Å²) in [5.41, 5.74) is 0. The van der Waals surface area contributed by atoms with E-state index in [1.165, 1.54) is 38.5 Å². The highest BCUT2D eigenvalue weighted by Crippen LogP contribution is 2.25. The van der Waals surface area contributed by atoms with Gasteiger partial charge in [-0.05, 0) is 18.9 Å². The minimum atomic E-state index is -1.55. The van der Waals surface area contributed by atoms with Crippen LogP contribution in [0.2, 0.25) is 0 Å². The predicted octanol–water partition coefficient (Wildman–Crippen LogP) is 2.74. The fourth-order valence-corrected chi connectivity index (χ4v) is 2.91. The van der Waals surface area contributed by atoms with Gasteiger partial charge in [0.2, 0.25) is 0 Å². The predicted molar refractivity (Wildman–Crippen MR) is 58.0 cm³/mol. The molecule has 0 bridgehead atoms. The molecular weight excluding hydrogens is 209 g/mol. The summed E-state index contributed by atoms with van der Waals surface area (Å²) >= 11 is 11.4. The third kappa shape index (κ3) is 4.70. The molecule has 12 heavy (non-hydrogen) atoms. The molecule has 1 aliphatic rings. The number of halogens is 2. The Balaban J connectivity index is 1.98. The second-order valence-electron chi connectivity index (χ2n) is 3.55. The highest BCUT2D eigenvalue weighted by atomic mass is 35.7. The van der Waals surface area contributed by atoms with Crippen molar-refractivity contribution in [3.05, 3.63) is 0 Å². The number of hydrogen-bond donors (Lipinski definition) is 1. The fraction of sp³-hybridized carbons (Fsp3) is 1.00. The van der Waals surface area contributed by atoms with E-state index in [0.29, 0.717) is 0 Å². The van der Waals surface area contributed by atoms with E-state index in [4.69, 9.17) is 22.2 Å². The zero-order chi connectivity index (χ0) is 8.81. The van der Waals surface area contributed by atoms with Gasteiger partial charge < -0.3 is 4.98 Å². The second-order valence-corrected chi connectivity index (χ2v) is 7.85. The molecule has 0 radical (unpaired) electrons. The first-order chi connectivity index (χ1) is 5.79. The van der Waals surface area contributed by atoms with E-state index in [0.717, 1.165) is 12.5 Å². The second kappa shape index (κ2) is 6.25. The molecule has 1 aliphatic carbocycles. The monoisotopic (exact) mass is 225 g/mol. The molecule has 1 rings (SSSR count). The Bertz CT molecular complexity index is 116. The lowest BCUT2D eigenvalue weighted by molar-refractivity contribution is 0.340. The van der Waals surface area contributed by atoms with Crippen LogP contribution in [0.3, 0.4) is 0 Å². The Hall–Kier alpha value is 0.757. The first-order valence-electron chi connectivity index (χ1n) is 4.80. The van der Waals surface area contributed by atoms with Crippen molar-refractivity contribution in [3.8, 4) is 0 Å². The standard InChI is InChI=1S/C8H17Cl2NSi/c9-12(10)11-7-6-8-4-2-1-3-5-8/h8,11-12H,1-7H2. The van der Waals surface area contributed by atoms with E-state index in [1.807, 2.05) is 0 Å². The summed E-state index contributed by atoms with van der Waals surface area (Å²) in [5, 5.41) is 0. The van der Waals surface area contributed by atoms with Crippen LogP contribution in [0.5, 0.6) is 0 Å². The van der Waals surface area contributed by atoms with Gasteiger partial charge in [0.05, 0.1) is 0 Å². The lowest BCUT2D eigenvalue weighted by Gasteiger charge is -2.21. The fourth-order valence-electron chi connectivity index (χ4n) is 1.87. The van der Waals surface area contributed by atoms with Gasteiger partial charge in [-0.3, -0.25) is 0 Å². The van der Waals surface area contributed by atoms with Gasteiger partial charge in [0.25, 0.3) is 0 Å². The molecule has 0 aliphatic heterocycles. The summed E-state index contributed by atoms with van der Waals surface area (Å²) in [6.07, 6.45) is 8.38. The lowest BCUT2D eigenvalue weighted by Crippen LogP contribution is -2.26. The third-order valence-electron chi connectivity index (χ3n) is 2.58. The molecule has 0 atom stereocenters. The smallest absolute Gasteiger partial charge is 0.306 e. The van der Waals surface area contributed by atoms with E-state index in [1.54, 1.807) is 0 Å². The topological polar surface area (TPSA) is 12.0 Å². The van der Waals surface area contributed by atoms with Crippen molar-refractivity contribution in [2.75, 3.05) is 6.54 Å². The van der Waals surface area contributed by atoms with Gasteiger partial charge in [-0.2, -0.15) is 0 Å². The van der Waals surface area contributed by atoms with Crippen molar-refractivity contribution >= 4 is 29.7 Å². The van der Waals surface area contributed by atoms with Gasteiger partial charge >= 0.3 is 7.58 Å². The van der Waals surface area contributed by atoms with Gasteiger partial charge in [-0.1, -0.05) is 32.1 Å². The summed E-state index contributed by atoms with van der Waals surface area (Å²) in [6, 6.07) is 0. The first-order valence-corrected chi connectivity index (χ1v) is 8.87. The largest absolute Gasteiger partial charge is 0.316 e. The molecule has 1 N–H and O–H groups in total. The SMILES string of the molecule is Cl[SiH](Cl)NCCC1CCCCC1. The van der Waals surface area contributed by atoms with Crippen LogP contribution in [0.4, 0.5) is 0 Å². The maximum Gasteiger partial charge on any atom is 0.306 e. The third-order valence-corrected chi connectivity index (χ3v) is 4.10. The molecule has 0 aromatic rings. The van der Waals surface area contributed by atoms with Gasteiger partial charge in [0, 0.05) is 0 Å². The van der Waals surface area contributed by atoms with Crippen LogP contribution in [0.15, 0.2) is 0 Å². The van der Waals surface area contributed by atoms with E-state index in [9.17, 15) is 0 Å². The van der Waals surface area contributed by atoms with Crippen LogP contribution in [0.25, 0.3) is 0 Å². The van der Waals surface area contributed by atoms with Crippen molar-refractivity contribution in [2.45, 2.75) is 38.5 Å².